The topological polar surface area (TPSA) is 18.5 Å². The fourth-order valence-electron chi connectivity index (χ4n) is 7.85. The van der Waals surface area contributed by atoms with E-state index in [2.05, 4.69) is 121 Å². The SMILES string of the molecule is COC1Cc2c(Sc3cccc4c3CCC4(OC)c3cccc4ccccc34)cccc2C1c1cccc2ccccc12. The highest BCUT2D eigenvalue weighted by molar-refractivity contribution is 7.99. The van der Waals surface area contributed by atoms with Crippen LogP contribution in [0.15, 0.2) is 131 Å². The van der Waals surface area contributed by atoms with Gasteiger partial charge in [0, 0.05) is 36.3 Å². The minimum Gasteiger partial charge on any atom is -0.380 e. The highest BCUT2D eigenvalue weighted by atomic mass is 32.2. The van der Waals surface area contributed by atoms with Crippen LogP contribution in [0, 0.1) is 0 Å². The van der Waals surface area contributed by atoms with Crippen molar-refractivity contribution in [1.29, 1.82) is 0 Å². The largest absolute Gasteiger partial charge is 0.380 e. The number of hydrogen-bond acceptors (Lipinski definition) is 3. The van der Waals surface area contributed by atoms with Crippen LogP contribution in [0.3, 0.4) is 0 Å². The van der Waals surface area contributed by atoms with E-state index in [0.717, 1.165) is 19.3 Å². The lowest BCUT2D eigenvalue weighted by molar-refractivity contribution is 0.0250. The summed E-state index contributed by atoms with van der Waals surface area (Å²) in [6.07, 6.45) is 2.95. The Labute approximate surface area is 257 Å². The lowest BCUT2D eigenvalue weighted by Crippen LogP contribution is -2.27. The summed E-state index contributed by atoms with van der Waals surface area (Å²) >= 11 is 1.91. The third kappa shape index (κ3) is 4.17. The summed E-state index contributed by atoms with van der Waals surface area (Å²) in [6, 6.07) is 44.3. The molecule has 2 aliphatic carbocycles. The van der Waals surface area contributed by atoms with E-state index >= 15 is 0 Å². The Kier molecular flexibility index (Phi) is 6.63. The van der Waals surface area contributed by atoms with Gasteiger partial charge >= 0.3 is 0 Å². The number of fused-ring (bicyclic) bond motifs is 4. The van der Waals surface area contributed by atoms with Crippen LogP contribution in [-0.4, -0.2) is 20.3 Å². The minimum absolute atomic E-state index is 0.108. The van der Waals surface area contributed by atoms with Crippen molar-refractivity contribution in [3.63, 3.8) is 0 Å². The molecule has 0 N–H and O–H groups in total. The van der Waals surface area contributed by atoms with Gasteiger partial charge in [-0.15, -0.1) is 0 Å². The van der Waals surface area contributed by atoms with E-state index in [1.807, 2.05) is 26.0 Å². The van der Waals surface area contributed by atoms with Gasteiger partial charge in [0.25, 0.3) is 0 Å². The molecule has 0 saturated carbocycles. The molecule has 2 aliphatic rings. The quantitative estimate of drug-likeness (QED) is 0.196. The predicted molar refractivity (Wildman–Crippen MR) is 177 cm³/mol. The summed E-state index contributed by atoms with van der Waals surface area (Å²) < 4.78 is 12.7. The van der Waals surface area contributed by atoms with Gasteiger partial charge in [-0.2, -0.15) is 0 Å². The van der Waals surface area contributed by atoms with Crippen molar-refractivity contribution in [3.05, 3.63) is 155 Å². The molecular formula is C40H34O2S. The molecule has 8 rings (SSSR count). The maximum absolute atomic E-state index is 6.50. The molecule has 0 spiro atoms. The summed E-state index contributed by atoms with van der Waals surface area (Å²) in [5, 5.41) is 5.11. The Morgan fingerprint density at radius 2 is 1.21 bits per heavy atom. The van der Waals surface area contributed by atoms with Gasteiger partial charge in [-0.1, -0.05) is 121 Å². The molecule has 0 saturated heterocycles. The number of hydrogen-bond donors (Lipinski definition) is 0. The van der Waals surface area contributed by atoms with Crippen LogP contribution in [0.25, 0.3) is 21.5 Å². The van der Waals surface area contributed by atoms with Crippen molar-refractivity contribution in [2.75, 3.05) is 14.2 Å². The number of rotatable bonds is 6. The molecule has 0 radical (unpaired) electrons. The average Bonchev–Trinajstić information content (AvgIpc) is 3.64. The Morgan fingerprint density at radius 3 is 2.00 bits per heavy atom. The van der Waals surface area contributed by atoms with E-state index in [9.17, 15) is 0 Å². The van der Waals surface area contributed by atoms with Crippen molar-refractivity contribution in [1.82, 2.24) is 0 Å². The Hall–Kier alpha value is -3.89. The number of methoxy groups -OCH3 is 2. The first-order chi connectivity index (χ1) is 21.2. The first-order valence-electron chi connectivity index (χ1n) is 15.2. The Bertz CT molecular complexity index is 1980. The van der Waals surface area contributed by atoms with E-state index in [1.54, 1.807) is 0 Å². The molecular weight excluding hydrogens is 545 g/mol. The zero-order valence-electron chi connectivity index (χ0n) is 24.5. The highest BCUT2D eigenvalue weighted by Gasteiger charge is 2.43. The fraction of sp³-hybridized carbons (Fsp3) is 0.200. The number of benzene rings is 6. The van der Waals surface area contributed by atoms with Gasteiger partial charge in [-0.3, -0.25) is 0 Å². The normalized spacial score (nSPS) is 20.9. The standard InChI is InChI=1S/C40H34O2S/c1-41-36-25-33-31(39(36)30-17-7-13-26-11-3-5-15-28(26)30)18-9-21-38(33)43-37-22-10-20-35-32(37)23-24-40(35,42-2)34-19-8-14-27-12-4-6-16-29(27)34/h3-22,36,39H,23-25H2,1-2H3. The van der Waals surface area contributed by atoms with Gasteiger partial charge in [0.1, 0.15) is 5.60 Å². The van der Waals surface area contributed by atoms with E-state index in [4.69, 9.17) is 9.47 Å². The Balaban J connectivity index is 1.21. The minimum atomic E-state index is -0.452. The van der Waals surface area contributed by atoms with Crippen molar-refractivity contribution in [3.8, 4) is 0 Å². The van der Waals surface area contributed by atoms with Gasteiger partial charge in [-0.25, -0.2) is 0 Å². The first kappa shape index (κ1) is 26.7. The van der Waals surface area contributed by atoms with Crippen LogP contribution in [0.5, 0.6) is 0 Å². The summed E-state index contributed by atoms with van der Waals surface area (Å²) in [7, 11) is 3.74. The summed E-state index contributed by atoms with van der Waals surface area (Å²) in [5.74, 6) is 0.209. The van der Waals surface area contributed by atoms with E-state index < -0.39 is 5.60 Å². The molecule has 0 aromatic heterocycles. The molecule has 43 heavy (non-hydrogen) atoms. The lowest BCUT2D eigenvalue weighted by Gasteiger charge is -2.31. The molecule has 3 unspecified atom stereocenters. The maximum atomic E-state index is 6.50. The second kappa shape index (κ2) is 10.7. The van der Waals surface area contributed by atoms with Gasteiger partial charge in [0.05, 0.1) is 6.10 Å². The van der Waals surface area contributed by atoms with Crippen LogP contribution in [0.2, 0.25) is 0 Å². The molecule has 6 aromatic carbocycles. The van der Waals surface area contributed by atoms with Crippen LogP contribution in [-0.2, 0) is 27.9 Å². The van der Waals surface area contributed by atoms with Crippen molar-refractivity contribution in [2.45, 2.75) is 46.7 Å². The molecule has 0 amide bonds. The lowest BCUT2D eigenvalue weighted by atomic mass is 9.84. The smallest absolute Gasteiger partial charge is 0.119 e. The molecule has 2 nitrogen and oxygen atoms in total. The summed E-state index contributed by atoms with van der Waals surface area (Å²) in [5.41, 5.74) is 7.68. The van der Waals surface area contributed by atoms with E-state index in [0.29, 0.717) is 0 Å². The van der Waals surface area contributed by atoms with Crippen LogP contribution >= 0.6 is 11.8 Å². The van der Waals surface area contributed by atoms with E-state index in [-0.39, 0.29) is 12.0 Å². The van der Waals surface area contributed by atoms with Crippen molar-refractivity contribution < 1.29 is 9.47 Å². The third-order valence-corrected chi connectivity index (χ3v) is 11.0. The average molecular weight is 579 g/mol. The van der Waals surface area contributed by atoms with Crippen LogP contribution in [0.1, 0.15) is 45.7 Å². The molecule has 0 fully saturated rings. The highest BCUT2D eigenvalue weighted by Crippen LogP contribution is 2.51. The molecule has 6 aromatic rings. The monoisotopic (exact) mass is 578 g/mol. The molecule has 0 heterocycles. The van der Waals surface area contributed by atoms with Gasteiger partial charge in [0.15, 0.2) is 0 Å². The van der Waals surface area contributed by atoms with Gasteiger partial charge in [0.2, 0.25) is 0 Å². The van der Waals surface area contributed by atoms with Crippen molar-refractivity contribution in [2.24, 2.45) is 0 Å². The Morgan fingerprint density at radius 1 is 0.605 bits per heavy atom. The molecule has 212 valence electrons. The zero-order valence-corrected chi connectivity index (χ0v) is 25.4. The third-order valence-electron chi connectivity index (χ3n) is 9.83. The number of ether oxygens (including phenoxy) is 2. The van der Waals surface area contributed by atoms with Crippen molar-refractivity contribution >= 4 is 33.3 Å². The molecule has 3 heteroatoms. The van der Waals surface area contributed by atoms with E-state index in [1.165, 1.54) is 64.7 Å². The summed E-state index contributed by atoms with van der Waals surface area (Å²) in [4.78, 5) is 2.66. The summed E-state index contributed by atoms with van der Waals surface area (Å²) in [6.45, 7) is 0. The zero-order chi connectivity index (χ0) is 29.0. The molecule has 0 bridgehead atoms. The first-order valence-corrected chi connectivity index (χ1v) is 16.0. The van der Waals surface area contributed by atoms with Gasteiger partial charge < -0.3 is 9.47 Å². The van der Waals surface area contributed by atoms with Gasteiger partial charge in [-0.05, 0) is 79.9 Å². The van der Waals surface area contributed by atoms with Crippen LogP contribution < -0.4 is 0 Å². The fourth-order valence-corrected chi connectivity index (χ4v) is 9.04. The molecule has 0 aliphatic heterocycles. The van der Waals surface area contributed by atoms with Crippen LogP contribution in [0.4, 0.5) is 0 Å². The second-order valence-corrected chi connectivity index (χ2v) is 12.9. The maximum Gasteiger partial charge on any atom is 0.119 e. The predicted octanol–water partition coefficient (Wildman–Crippen LogP) is 9.68. The second-order valence-electron chi connectivity index (χ2n) is 11.8. The molecule has 3 atom stereocenters.